The van der Waals surface area contributed by atoms with Crippen LogP contribution in [-0.2, 0) is 0 Å². The van der Waals surface area contributed by atoms with E-state index in [1.165, 1.54) is 58.0 Å². The van der Waals surface area contributed by atoms with Crippen molar-refractivity contribution in [2.24, 2.45) is 11.1 Å². The van der Waals surface area contributed by atoms with E-state index >= 15 is 0 Å². The number of rotatable bonds is 1. The first-order chi connectivity index (χ1) is 6.77. The summed E-state index contributed by atoms with van der Waals surface area (Å²) in [6.45, 7) is 2.75. The van der Waals surface area contributed by atoms with Crippen LogP contribution in [0.2, 0.25) is 0 Å². The summed E-state index contributed by atoms with van der Waals surface area (Å²) in [5.74, 6) is 0. The van der Waals surface area contributed by atoms with Crippen molar-refractivity contribution >= 4 is 0 Å². The molecule has 2 saturated carbocycles. The maximum absolute atomic E-state index is 5.98. The Morgan fingerprint density at radius 1 is 1.14 bits per heavy atom. The van der Waals surface area contributed by atoms with Crippen LogP contribution in [0.4, 0.5) is 0 Å². The van der Waals surface area contributed by atoms with Crippen molar-refractivity contribution in [3.8, 4) is 0 Å². The van der Waals surface area contributed by atoms with E-state index in [4.69, 9.17) is 5.73 Å². The largest absolute Gasteiger partial charge is 0.328 e. The van der Waals surface area contributed by atoms with Crippen molar-refractivity contribution in [1.29, 1.82) is 0 Å². The van der Waals surface area contributed by atoms with E-state index in [0.29, 0.717) is 6.04 Å². The summed E-state index contributed by atoms with van der Waals surface area (Å²) in [6, 6.07) is 1.34. The molecule has 2 nitrogen and oxygen atoms in total. The molecule has 1 aliphatic heterocycles. The van der Waals surface area contributed by atoms with Gasteiger partial charge in [0.15, 0.2) is 0 Å². The predicted molar refractivity (Wildman–Crippen MR) is 58.1 cm³/mol. The first-order valence-electron chi connectivity index (χ1n) is 6.27. The van der Waals surface area contributed by atoms with E-state index in [0.717, 1.165) is 11.5 Å². The molecule has 2 aliphatic carbocycles. The Morgan fingerprint density at radius 3 is 2.50 bits per heavy atom. The molecule has 14 heavy (non-hydrogen) atoms. The lowest BCUT2D eigenvalue weighted by Crippen LogP contribution is -2.37. The summed E-state index contributed by atoms with van der Waals surface area (Å²) in [5.41, 5.74) is 6.75. The zero-order chi connectivity index (χ0) is 9.60. The molecular formula is C12H22N2. The van der Waals surface area contributed by atoms with Crippen molar-refractivity contribution in [3.63, 3.8) is 0 Å². The van der Waals surface area contributed by atoms with Crippen LogP contribution in [0.5, 0.6) is 0 Å². The molecular weight excluding hydrogens is 172 g/mol. The highest BCUT2D eigenvalue weighted by molar-refractivity contribution is 4.99. The molecule has 0 amide bonds. The summed E-state index contributed by atoms with van der Waals surface area (Å²) in [4.78, 5) is 2.74. The zero-order valence-electron chi connectivity index (χ0n) is 9.04. The highest BCUT2D eigenvalue weighted by atomic mass is 15.2. The van der Waals surface area contributed by atoms with Gasteiger partial charge in [-0.05, 0) is 50.5 Å². The van der Waals surface area contributed by atoms with Crippen LogP contribution >= 0.6 is 0 Å². The van der Waals surface area contributed by atoms with E-state index in [1.807, 2.05) is 0 Å². The fourth-order valence-corrected chi connectivity index (χ4v) is 3.69. The van der Waals surface area contributed by atoms with E-state index < -0.39 is 0 Å². The Morgan fingerprint density at radius 2 is 2.00 bits per heavy atom. The third-order valence-corrected chi connectivity index (χ3v) is 4.84. The molecule has 0 aromatic carbocycles. The molecule has 3 fully saturated rings. The predicted octanol–water partition coefficient (Wildman–Crippen LogP) is 1.74. The molecule has 0 bridgehead atoms. The van der Waals surface area contributed by atoms with Gasteiger partial charge in [0.2, 0.25) is 0 Å². The molecule has 2 N–H and O–H groups in total. The Labute approximate surface area is 86.8 Å². The summed E-state index contributed by atoms with van der Waals surface area (Å²) < 4.78 is 0. The Hall–Kier alpha value is -0.0800. The lowest BCUT2D eigenvalue weighted by Gasteiger charge is -2.39. The minimum Gasteiger partial charge on any atom is -0.328 e. The summed E-state index contributed by atoms with van der Waals surface area (Å²) in [6.07, 6.45) is 9.84. The maximum Gasteiger partial charge on any atom is 0.0111 e. The van der Waals surface area contributed by atoms with Crippen molar-refractivity contribution in [2.75, 3.05) is 13.1 Å². The molecule has 1 spiro atoms. The van der Waals surface area contributed by atoms with Crippen molar-refractivity contribution in [1.82, 2.24) is 4.90 Å². The first kappa shape index (κ1) is 9.17. The molecule has 1 saturated heterocycles. The van der Waals surface area contributed by atoms with Crippen LogP contribution in [0, 0.1) is 5.41 Å². The second-order valence-electron chi connectivity index (χ2n) is 5.80. The SMILES string of the molecule is NC1CCC(N2CCC3(CCC3)C2)C1. The van der Waals surface area contributed by atoms with E-state index in [2.05, 4.69) is 4.90 Å². The van der Waals surface area contributed by atoms with E-state index in [-0.39, 0.29) is 0 Å². The average molecular weight is 194 g/mol. The Balaban J connectivity index is 1.59. The molecule has 0 aromatic heterocycles. The standard InChI is InChI=1S/C12H22N2/c13-10-2-3-11(8-10)14-7-6-12(9-14)4-1-5-12/h10-11H,1-9,13H2. The topological polar surface area (TPSA) is 29.3 Å². The van der Waals surface area contributed by atoms with Gasteiger partial charge in [0.1, 0.15) is 0 Å². The number of likely N-dealkylation sites (tertiary alicyclic amines) is 1. The molecule has 2 unspecified atom stereocenters. The number of hydrogen-bond donors (Lipinski definition) is 1. The second kappa shape index (κ2) is 3.21. The number of nitrogens with zero attached hydrogens (tertiary/aromatic N) is 1. The van der Waals surface area contributed by atoms with Crippen molar-refractivity contribution in [2.45, 2.75) is 57.0 Å². The molecule has 2 atom stereocenters. The van der Waals surface area contributed by atoms with Gasteiger partial charge in [-0.2, -0.15) is 0 Å². The zero-order valence-corrected chi connectivity index (χ0v) is 9.04. The van der Waals surface area contributed by atoms with Crippen LogP contribution in [0.1, 0.15) is 44.9 Å². The summed E-state index contributed by atoms with van der Waals surface area (Å²) >= 11 is 0. The van der Waals surface area contributed by atoms with Crippen LogP contribution in [0.25, 0.3) is 0 Å². The minimum atomic E-state index is 0.498. The fourth-order valence-electron chi connectivity index (χ4n) is 3.69. The van der Waals surface area contributed by atoms with Crippen LogP contribution in [0.3, 0.4) is 0 Å². The minimum absolute atomic E-state index is 0.498. The molecule has 1 heterocycles. The van der Waals surface area contributed by atoms with Crippen molar-refractivity contribution < 1.29 is 0 Å². The van der Waals surface area contributed by atoms with Gasteiger partial charge in [-0.1, -0.05) is 6.42 Å². The van der Waals surface area contributed by atoms with Crippen LogP contribution < -0.4 is 5.73 Å². The Bertz CT molecular complexity index is 222. The summed E-state index contributed by atoms with van der Waals surface area (Å²) in [5, 5.41) is 0. The molecule has 0 aromatic rings. The average Bonchev–Trinajstić information content (AvgIpc) is 2.67. The van der Waals surface area contributed by atoms with E-state index in [9.17, 15) is 0 Å². The lowest BCUT2D eigenvalue weighted by atomic mass is 9.68. The third-order valence-electron chi connectivity index (χ3n) is 4.84. The van der Waals surface area contributed by atoms with Crippen molar-refractivity contribution in [3.05, 3.63) is 0 Å². The van der Waals surface area contributed by atoms with Crippen LogP contribution in [0.15, 0.2) is 0 Å². The van der Waals surface area contributed by atoms with Gasteiger partial charge in [0.05, 0.1) is 0 Å². The number of hydrogen-bond acceptors (Lipinski definition) is 2. The molecule has 80 valence electrons. The lowest BCUT2D eigenvalue weighted by molar-refractivity contribution is 0.124. The van der Waals surface area contributed by atoms with Crippen LogP contribution in [-0.4, -0.2) is 30.1 Å². The van der Waals surface area contributed by atoms with Gasteiger partial charge in [-0.3, -0.25) is 4.90 Å². The second-order valence-corrected chi connectivity index (χ2v) is 5.80. The monoisotopic (exact) mass is 194 g/mol. The fraction of sp³-hybridized carbons (Fsp3) is 1.00. The smallest absolute Gasteiger partial charge is 0.0111 e. The van der Waals surface area contributed by atoms with Gasteiger partial charge in [0, 0.05) is 18.6 Å². The van der Waals surface area contributed by atoms with Gasteiger partial charge >= 0.3 is 0 Å². The molecule has 0 radical (unpaired) electrons. The van der Waals surface area contributed by atoms with Gasteiger partial charge in [-0.15, -0.1) is 0 Å². The first-order valence-corrected chi connectivity index (χ1v) is 6.27. The molecule has 3 rings (SSSR count). The van der Waals surface area contributed by atoms with Gasteiger partial charge < -0.3 is 5.73 Å². The summed E-state index contributed by atoms with van der Waals surface area (Å²) in [7, 11) is 0. The highest BCUT2D eigenvalue weighted by Gasteiger charge is 2.44. The number of nitrogens with two attached hydrogens (primary N) is 1. The molecule has 2 heteroatoms. The highest BCUT2D eigenvalue weighted by Crippen LogP contribution is 2.49. The Kier molecular flexibility index (Phi) is 2.10. The molecule has 3 aliphatic rings. The van der Waals surface area contributed by atoms with Gasteiger partial charge in [0.25, 0.3) is 0 Å². The third kappa shape index (κ3) is 1.40. The van der Waals surface area contributed by atoms with Gasteiger partial charge in [-0.25, -0.2) is 0 Å². The quantitative estimate of drug-likeness (QED) is 0.689. The van der Waals surface area contributed by atoms with E-state index in [1.54, 1.807) is 0 Å². The normalized spacial score (nSPS) is 41.8. The maximum atomic E-state index is 5.98.